The first-order valence-corrected chi connectivity index (χ1v) is 10.9. The van der Waals surface area contributed by atoms with E-state index in [0.717, 1.165) is 28.2 Å². The van der Waals surface area contributed by atoms with Crippen molar-refractivity contribution >= 4 is 34.1 Å². The van der Waals surface area contributed by atoms with E-state index in [2.05, 4.69) is 10.2 Å². The van der Waals surface area contributed by atoms with Gasteiger partial charge >= 0.3 is 12.1 Å². The number of aromatic nitrogens is 2. The summed E-state index contributed by atoms with van der Waals surface area (Å²) >= 11 is 1.08. The molecule has 5 rings (SSSR count). The second-order valence-electron chi connectivity index (χ2n) is 7.38. The number of carboxylic acid groups (broad SMARTS) is 1. The minimum atomic E-state index is -1.01. The van der Waals surface area contributed by atoms with E-state index < -0.39 is 12.1 Å². The number of aromatic amines is 1. The van der Waals surface area contributed by atoms with Crippen LogP contribution in [0.1, 0.15) is 26.4 Å². The number of nitrogens with one attached hydrogen (secondary N) is 1. The maximum atomic E-state index is 13.4. The number of thiophene rings is 1. The van der Waals surface area contributed by atoms with Crippen molar-refractivity contribution in [3.63, 3.8) is 0 Å². The number of rotatable bonds is 5. The fourth-order valence-corrected chi connectivity index (χ4v) is 5.13. The minimum Gasteiger partial charge on any atom is -0.477 e. The summed E-state index contributed by atoms with van der Waals surface area (Å²) in [4.78, 5) is 27.1. The lowest BCUT2D eigenvalue weighted by molar-refractivity contribution is 0.0701. The van der Waals surface area contributed by atoms with Gasteiger partial charge < -0.3 is 9.84 Å². The van der Waals surface area contributed by atoms with E-state index in [9.17, 15) is 14.7 Å². The van der Waals surface area contributed by atoms with Gasteiger partial charge in [0.25, 0.3) is 0 Å². The summed E-state index contributed by atoms with van der Waals surface area (Å²) in [5.41, 5.74) is 4.63. The Morgan fingerprint density at radius 3 is 2.50 bits per heavy atom. The molecule has 0 atom stereocenters. The van der Waals surface area contributed by atoms with Crippen molar-refractivity contribution in [2.75, 3.05) is 4.90 Å². The summed E-state index contributed by atoms with van der Waals surface area (Å²) in [5.74, 6) is -1.01. The number of anilines is 2. The number of aryl methyl sites for hydroxylation is 1. The zero-order valence-corrected chi connectivity index (χ0v) is 17.8. The number of para-hydroxylation sites is 1. The van der Waals surface area contributed by atoms with Gasteiger partial charge in [-0.1, -0.05) is 48.5 Å². The molecule has 160 valence electrons. The van der Waals surface area contributed by atoms with Crippen molar-refractivity contribution in [3.8, 4) is 11.3 Å². The predicted molar refractivity (Wildman–Crippen MR) is 121 cm³/mol. The van der Waals surface area contributed by atoms with Crippen LogP contribution in [0.5, 0.6) is 0 Å². The summed E-state index contributed by atoms with van der Waals surface area (Å²) in [7, 11) is 0. The van der Waals surface area contributed by atoms with Crippen LogP contribution in [0.25, 0.3) is 11.3 Å². The number of fused-ring (bicyclic) bond motifs is 3. The van der Waals surface area contributed by atoms with Crippen LogP contribution >= 0.6 is 11.3 Å². The van der Waals surface area contributed by atoms with Crippen molar-refractivity contribution in [1.29, 1.82) is 0 Å². The summed E-state index contributed by atoms with van der Waals surface area (Å²) in [6.07, 6.45) is 2.44. The predicted octanol–water partition coefficient (Wildman–Crippen LogP) is 5.41. The highest BCUT2D eigenvalue weighted by atomic mass is 32.1. The van der Waals surface area contributed by atoms with E-state index in [0.29, 0.717) is 34.7 Å². The number of benzene rings is 2. The van der Waals surface area contributed by atoms with E-state index in [4.69, 9.17) is 4.74 Å². The number of carboxylic acids is 1. The molecule has 8 heteroatoms. The fraction of sp³-hybridized carbons (Fsp3) is 0.125. The molecule has 0 bridgehead atoms. The summed E-state index contributed by atoms with van der Waals surface area (Å²) < 4.78 is 5.65. The van der Waals surface area contributed by atoms with Crippen LogP contribution in [0.4, 0.5) is 15.5 Å². The lowest BCUT2D eigenvalue weighted by Gasteiger charge is -2.23. The van der Waals surface area contributed by atoms with Gasteiger partial charge in [0.05, 0.1) is 17.6 Å². The number of aromatic carboxylic acids is 1. The van der Waals surface area contributed by atoms with Crippen LogP contribution in [0, 0.1) is 0 Å². The van der Waals surface area contributed by atoms with Crippen molar-refractivity contribution in [2.45, 2.75) is 19.4 Å². The Hall–Kier alpha value is -3.91. The van der Waals surface area contributed by atoms with Gasteiger partial charge in [0.15, 0.2) is 0 Å². The lowest BCUT2D eigenvalue weighted by atomic mass is 9.91. The fourth-order valence-electron chi connectivity index (χ4n) is 3.92. The standard InChI is InChI=1S/C24H19N3O4S/c28-23(29)21-18-12-11-16-13-25-26-20(16)19(18)22(32-21)27(17-9-5-2-6-10-17)24(30)31-14-15-7-3-1-4-8-15/h1-10,13H,11-12,14H2,(H,25,26)(H,28,29). The topological polar surface area (TPSA) is 95.5 Å². The first kappa shape index (κ1) is 20.0. The van der Waals surface area contributed by atoms with Gasteiger partial charge in [-0.05, 0) is 41.7 Å². The van der Waals surface area contributed by atoms with Gasteiger partial charge in [-0.25, -0.2) is 14.5 Å². The Morgan fingerprint density at radius 2 is 1.78 bits per heavy atom. The van der Waals surface area contributed by atoms with Crippen LogP contribution < -0.4 is 4.90 Å². The summed E-state index contributed by atoms with van der Waals surface area (Å²) in [5, 5.41) is 17.5. The number of carbonyl (C=O) groups excluding carboxylic acids is 1. The molecule has 1 aliphatic carbocycles. The molecule has 7 nitrogen and oxygen atoms in total. The number of ether oxygens (including phenoxy) is 1. The van der Waals surface area contributed by atoms with Gasteiger partial charge in [-0.15, -0.1) is 11.3 Å². The number of hydrogen-bond donors (Lipinski definition) is 2. The number of nitrogens with zero attached hydrogens (tertiary/aromatic N) is 2. The monoisotopic (exact) mass is 445 g/mol. The Kier molecular flexibility index (Phi) is 5.20. The van der Waals surface area contributed by atoms with Gasteiger partial charge in [0.2, 0.25) is 0 Å². The van der Waals surface area contributed by atoms with Crippen molar-refractivity contribution in [1.82, 2.24) is 10.2 Å². The molecule has 0 fully saturated rings. The molecular weight excluding hydrogens is 426 g/mol. The van der Waals surface area contributed by atoms with Crippen LogP contribution in [0.3, 0.4) is 0 Å². The molecular formula is C24H19N3O4S. The Labute approximate surface area is 187 Å². The first-order valence-electron chi connectivity index (χ1n) is 10.1. The molecule has 32 heavy (non-hydrogen) atoms. The Morgan fingerprint density at radius 1 is 1.06 bits per heavy atom. The van der Waals surface area contributed by atoms with E-state index in [1.54, 1.807) is 18.3 Å². The molecule has 2 N–H and O–H groups in total. The molecule has 0 saturated heterocycles. The van der Waals surface area contributed by atoms with Crippen molar-refractivity contribution < 1.29 is 19.4 Å². The van der Waals surface area contributed by atoms with Crippen LogP contribution in [-0.4, -0.2) is 27.4 Å². The van der Waals surface area contributed by atoms with E-state index >= 15 is 0 Å². The van der Waals surface area contributed by atoms with E-state index in [-0.39, 0.29) is 11.5 Å². The highest BCUT2D eigenvalue weighted by Gasteiger charge is 2.34. The molecule has 2 heterocycles. The smallest absolute Gasteiger partial charge is 0.419 e. The minimum absolute atomic E-state index is 0.109. The second kappa shape index (κ2) is 8.32. The third kappa shape index (κ3) is 3.54. The SMILES string of the molecule is O=C(O)c1sc(N(C(=O)OCc2ccccc2)c2ccccc2)c2c1CCc1cn[nH]c1-2. The first-order chi connectivity index (χ1) is 15.6. The van der Waals surface area contributed by atoms with Crippen LogP contribution in [0.2, 0.25) is 0 Å². The van der Waals surface area contributed by atoms with E-state index in [1.807, 2.05) is 48.5 Å². The van der Waals surface area contributed by atoms with Crippen molar-refractivity contribution in [2.24, 2.45) is 0 Å². The molecule has 2 aromatic carbocycles. The van der Waals surface area contributed by atoms with Gasteiger partial charge in [-0.3, -0.25) is 5.10 Å². The molecule has 1 aliphatic rings. The highest BCUT2D eigenvalue weighted by molar-refractivity contribution is 7.19. The lowest BCUT2D eigenvalue weighted by Crippen LogP contribution is -2.26. The normalized spacial score (nSPS) is 12.0. The largest absolute Gasteiger partial charge is 0.477 e. The van der Waals surface area contributed by atoms with Crippen LogP contribution in [0.15, 0.2) is 66.9 Å². The molecule has 0 radical (unpaired) electrons. The quantitative estimate of drug-likeness (QED) is 0.428. The second-order valence-corrected chi connectivity index (χ2v) is 8.38. The molecule has 4 aromatic rings. The Bertz CT molecular complexity index is 1280. The number of amides is 1. The van der Waals surface area contributed by atoms with Gasteiger partial charge in [0.1, 0.15) is 16.5 Å². The van der Waals surface area contributed by atoms with E-state index in [1.165, 1.54) is 4.90 Å². The molecule has 2 aromatic heterocycles. The number of H-pyrrole nitrogens is 1. The zero-order chi connectivity index (χ0) is 22.1. The molecule has 0 spiro atoms. The van der Waals surface area contributed by atoms with Gasteiger partial charge in [0, 0.05) is 5.56 Å². The summed E-state index contributed by atoms with van der Waals surface area (Å²) in [6.45, 7) is 0.109. The molecule has 0 saturated carbocycles. The average Bonchev–Trinajstić information content (AvgIpc) is 3.44. The number of carbonyl (C=O) groups is 2. The number of hydrogen-bond acceptors (Lipinski definition) is 5. The van der Waals surface area contributed by atoms with Crippen molar-refractivity contribution in [3.05, 3.63) is 88.4 Å². The molecule has 0 unspecified atom stereocenters. The maximum Gasteiger partial charge on any atom is 0.419 e. The summed E-state index contributed by atoms with van der Waals surface area (Å²) in [6, 6.07) is 18.5. The highest BCUT2D eigenvalue weighted by Crippen LogP contribution is 2.48. The molecule has 1 amide bonds. The third-order valence-corrected chi connectivity index (χ3v) is 6.61. The third-order valence-electron chi connectivity index (χ3n) is 5.40. The Balaban J connectivity index is 1.61. The molecule has 0 aliphatic heterocycles. The average molecular weight is 446 g/mol. The maximum absolute atomic E-state index is 13.4. The zero-order valence-electron chi connectivity index (χ0n) is 16.9. The van der Waals surface area contributed by atoms with Crippen LogP contribution in [-0.2, 0) is 24.2 Å². The van der Waals surface area contributed by atoms with Gasteiger partial charge in [-0.2, -0.15) is 5.10 Å².